The van der Waals surface area contributed by atoms with E-state index in [0.717, 1.165) is 13.1 Å². The van der Waals surface area contributed by atoms with Gasteiger partial charge in [-0.1, -0.05) is 23.7 Å². The third-order valence-electron chi connectivity index (χ3n) is 4.52. The number of halogens is 1. The van der Waals surface area contributed by atoms with Crippen molar-refractivity contribution in [2.45, 2.75) is 32.2 Å². The fourth-order valence-electron chi connectivity index (χ4n) is 3.07. The number of amides is 1. The molecule has 1 aliphatic rings. The van der Waals surface area contributed by atoms with Gasteiger partial charge in [-0.25, -0.2) is 0 Å². The van der Waals surface area contributed by atoms with E-state index in [-0.39, 0.29) is 17.9 Å². The number of carbonyl (C=O) groups is 2. The number of methoxy groups -OCH3 is 1. The summed E-state index contributed by atoms with van der Waals surface area (Å²) in [5.74, 6) is 0.594. The molecule has 1 heterocycles. The second-order valence-electron chi connectivity index (χ2n) is 6.45. The zero-order valence-corrected chi connectivity index (χ0v) is 16.2. The van der Waals surface area contributed by atoms with Crippen molar-refractivity contribution in [2.75, 3.05) is 39.9 Å². The average Bonchev–Trinajstić information content (AvgIpc) is 2.64. The molecular weight excluding hydrogens is 356 g/mol. The first kappa shape index (κ1) is 20.5. The van der Waals surface area contributed by atoms with Gasteiger partial charge in [0.1, 0.15) is 5.75 Å². The first-order valence-corrected chi connectivity index (χ1v) is 9.35. The molecule has 7 heteroatoms. The lowest BCUT2D eigenvalue weighted by molar-refractivity contribution is -0.142. The van der Waals surface area contributed by atoms with Gasteiger partial charge in [0.15, 0.2) is 0 Å². The van der Waals surface area contributed by atoms with Crippen molar-refractivity contribution in [3.05, 3.63) is 29.3 Å². The van der Waals surface area contributed by atoms with Crippen LogP contribution in [0.15, 0.2) is 24.3 Å². The molecule has 0 aromatic heterocycles. The van der Waals surface area contributed by atoms with Crippen LogP contribution in [0.2, 0.25) is 5.02 Å². The summed E-state index contributed by atoms with van der Waals surface area (Å²) in [5.41, 5.74) is 0. The van der Waals surface area contributed by atoms with Gasteiger partial charge in [-0.3, -0.25) is 14.5 Å². The number of nitrogens with zero attached hydrogens (tertiary/aromatic N) is 2. The van der Waals surface area contributed by atoms with Gasteiger partial charge in [0.05, 0.1) is 25.2 Å². The standard InChI is InChI=1S/C19H27ClN2O4/c1-15-14-21(10-9-19(24)25-2)11-12-22(15)18(23)8-5-13-26-17-7-4-3-6-16(17)20/h3-4,6-7,15H,5,8-14H2,1-2H3. The van der Waals surface area contributed by atoms with Crippen molar-refractivity contribution in [1.82, 2.24) is 9.80 Å². The van der Waals surface area contributed by atoms with E-state index in [0.29, 0.717) is 49.7 Å². The topological polar surface area (TPSA) is 59.1 Å². The minimum absolute atomic E-state index is 0.137. The van der Waals surface area contributed by atoms with Crippen molar-refractivity contribution < 1.29 is 19.1 Å². The summed E-state index contributed by atoms with van der Waals surface area (Å²) < 4.78 is 10.3. The van der Waals surface area contributed by atoms with Crippen LogP contribution in [-0.2, 0) is 14.3 Å². The lowest BCUT2D eigenvalue weighted by Gasteiger charge is -2.40. The molecule has 1 aliphatic heterocycles. The SMILES string of the molecule is COC(=O)CCN1CCN(C(=O)CCCOc2ccccc2Cl)C(C)C1. The van der Waals surface area contributed by atoms with Gasteiger partial charge < -0.3 is 14.4 Å². The zero-order valence-electron chi connectivity index (χ0n) is 15.4. The van der Waals surface area contributed by atoms with Crippen molar-refractivity contribution >= 4 is 23.5 Å². The Labute approximate surface area is 160 Å². The minimum Gasteiger partial charge on any atom is -0.492 e. The minimum atomic E-state index is -0.199. The number of hydrogen-bond acceptors (Lipinski definition) is 5. The Bertz CT molecular complexity index is 611. The number of piperazine rings is 1. The molecule has 0 saturated carbocycles. The summed E-state index contributed by atoms with van der Waals surface area (Å²) in [6.45, 7) is 5.42. The molecule has 0 radical (unpaired) electrons. The number of rotatable bonds is 8. The van der Waals surface area contributed by atoms with E-state index >= 15 is 0 Å². The first-order valence-electron chi connectivity index (χ1n) is 8.97. The Morgan fingerprint density at radius 3 is 2.69 bits per heavy atom. The van der Waals surface area contributed by atoms with E-state index in [9.17, 15) is 9.59 Å². The first-order chi connectivity index (χ1) is 12.5. The van der Waals surface area contributed by atoms with Crippen molar-refractivity contribution in [3.63, 3.8) is 0 Å². The number of hydrogen-bond donors (Lipinski definition) is 0. The summed E-state index contributed by atoms with van der Waals surface area (Å²) in [6.07, 6.45) is 1.49. The molecule has 0 bridgehead atoms. The number of esters is 1. The molecule has 144 valence electrons. The maximum absolute atomic E-state index is 12.5. The molecule has 26 heavy (non-hydrogen) atoms. The van der Waals surface area contributed by atoms with E-state index < -0.39 is 0 Å². The number of carbonyl (C=O) groups excluding carboxylic acids is 2. The monoisotopic (exact) mass is 382 g/mol. The largest absolute Gasteiger partial charge is 0.492 e. The van der Waals surface area contributed by atoms with Gasteiger partial charge in [-0.05, 0) is 25.5 Å². The predicted octanol–water partition coefficient (Wildman–Crippen LogP) is 2.59. The van der Waals surface area contributed by atoms with E-state index in [1.165, 1.54) is 7.11 Å². The Balaban J connectivity index is 1.68. The smallest absolute Gasteiger partial charge is 0.306 e. The second-order valence-corrected chi connectivity index (χ2v) is 6.85. The molecule has 0 spiro atoms. The molecule has 1 atom stereocenters. The summed E-state index contributed by atoms with van der Waals surface area (Å²) in [5, 5.41) is 0.579. The molecule has 2 rings (SSSR count). The Morgan fingerprint density at radius 2 is 2.00 bits per heavy atom. The summed E-state index contributed by atoms with van der Waals surface area (Å²) >= 11 is 6.04. The van der Waals surface area contributed by atoms with Crippen molar-refractivity contribution in [3.8, 4) is 5.75 Å². The second kappa shape index (κ2) is 10.4. The maximum atomic E-state index is 12.5. The van der Waals surface area contributed by atoms with Crippen LogP contribution in [-0.4, -0.2) is 67.6 Å². The number of benzene rings is 1. The van der Waals surface area contributed by atoms with Crippen molar-refractivity contribution in [1.29, 1.82) is 0 Å². The van der Waals surface area contributed by atoms with E-state index in [1.807, 2.05) is 30.0 Å². The normalized spacial score (nSPS) is 17.8. The van der Waals surface area contributed by atoms with Crippen LogP contribution >= 0.6 is 11.6 Å². The molecule has 1 aromatic carbocycles. The fraction of sp³-hybridized carbons (Fsp3) is 0.579. The predicted molar refractivity (Wildman–Crippen MR) is 100 cm³/mol. The Hall–Kier alpha value is -1.79. The van der Waals surface area contributed by atoms with Crippen LogP contribution in [0, 0.1) is 0 Å². The van der Waals surface area contributed by atoms with Crippen LogP contribution in [0.25, 0.3) is 0 Å². The summed E-state index contributed by atoms with van der Waals surface area (Å²) in [6, 6.07) is 7.46. The van der Waals surface area contributed by atoms with Gasteiger partial charge >= 0.3 is 5.97 Å². The zero-order chi connectivity index (χ0) is 18.9. The van der Waals surface area contributed by atoms with Gasteiger partial charge in [-0.2, -0.15) is 0 Å². The molecule has 0 aliphatic carbocycles. The van der Waals surface area contributed by atoms with Gasteiger partial charge in [0.2, 0.25) is 5.91 Å². The number of ether oxygens (including phenoxy) is 2. The van der Waals surface area contributed by atoms with Gasteiger partial charge in [-0.15, -0.1) is 0 Å². The molecule has 1 amide bonds. The molecule has 1 fully saturated rings. The van der Waals surface area contributed by atoms with E-state index in [2.05, 4.69) is 9.64 Å². The maximum Gasteiger partial charge on any atom is 0.306 e. The molecule has 1 unspecified atom stereocenters. The van der Waals surface area contributed by atoms with Crippen LogP contribution in [0.4, 0.5) is 0 Å². The van der Waals surface area contributed by atoms with Crippen LogP contribution < -0.4 is 4.74 Å². The molecule has 0 N–H and O–H groups in total. The third kappa shape index (κ3) is 6.18. The molecule has 1 aromatic rings. The van der Waals surface area contributed by atoms with Crippen molar-refractivity contribution in [2.24, 2.45) is 0 Å². The highest BCUT2D eigenvalue weighted by Gasteiger charge is 2.27. The van der Waals surface area contributed by atoms with Crippen LogP contribution in [0.1, 0.15) is 26.2 Å². The quantitative estimate of drug-likeness (QED) is 0.511. The Morgan fingerprint density at radius 1 is 1.23 bits per heavy atom. The molecule has 6 nitrogen and oxygen atoms in total. The lowest BCUT2D eigenvalue weighted by Crippen LogP contribution is -2.54. The van der Waals surface area contributed by atoms with E-state index in [1.54, 1.807) is 6.07 Å². The summed E-state index contributed by atoms with van der Waals surface area (Å²) in [7, 11) is 1.40. The highest BCUT2D eigenvalue weighted by molar-refractivity contribution is 6.32. The van der Waals surface area contributed by atoms with E-state index in [4.69, 9.17) is 16.3 Å². The highest BCUT2D eigenvalue weighted by Crippen LogP contribution is 2.23. The molecular formula is C19H27ClN2O4. The van der Waals surface area contributed by atoms with Crippen LogP contribution in [0.3, 0.4) is 0 Å². The average molecular weight is 383 g/mol. The lowest BCUT2D eigenvalue weighted by atomic mass is 10.1. The van der Waals surface area contributed by atoms with Gasteiger partial charge in [0.25, 0.3) is 0 Å². The third-order valence-corrected chi connectivity index (χ3v) is 4.83. The fourth-order valence-corrected chi connectivity index (χ4v) is 3.26. The Kier molecular flexibility index (Phi) is 8.19. The summed E-state index contributed by atoms with van der Waals surface area (Å²) in [4.78, 5) is 27.8. The van der Waals surface area contributed by atoms with Gasteiger partial charge in [0, 0.05) is 38.6 Å². The highest BCUT2D eigenvalue weighted by atomic mass is 35.5. The van der Waals surface area contributed by atoms with Crippen LogP contribution in [0.5, 0.6) is 5.75 Å². The number of para-hydroxylation sites is 1. The molecule has 1 saturated heterocycles.